The Labute approximate surface area is 131 Å². The van der Waals surface area contributed by atoms with Crippen LogP contribution in [0.1, 0.15) is 28.4 Å². The molecule has 0 bridgehead atoms. The molecule has 0 saturated carbocycles. The van der Waals surface area contributed by atoms with E-state index in [9.17, 15) is 4.79 Å². The maximum atomic E-state index is 11.7. The highest BCUT2D eigenvalue weighted by Crippen LogP contribution is 2.25. The Morgan fingerprint density at radius 3 is 2.55 bits per heavy atom. The SMILES string of the molecule is CNCCC(Oc1cccc(C(=O)NC)c1)c1ccccc1. The van der Waals surface area contributed by atoms with Crippen LogP contribution in [0.15, 0.2) is 54.6 Å². The van der Waals surface area contributed by atoms with Gasteiger partial charge in [-0.2, -0.15) is 0 Å². The average Bonchev–Trinajstić information content (AvgIpc) is 2.59. The van der Waals surface area contributed by atoms with Crippen molar-refractivity contribution in [2.24, 2.45) is 0 Å². The summed E-state index contributed by atoms with van der Waals surface area (Å²) in [7, 11) is 3.55. The van der Waals surface area contributed by atoms with Crippen LogP contribution < -0.4 is 15.4 Å². The van der Waals surface area contributed by atoms with Crippen LogP contribution in [0.4, 0.5) is 0 Å². The number of nitrogens with one attached hydrogen (secondary N) is 2. The molecular formula is C18H22N2O2. The highest BCUT2D eigenvalue weighted by molar-refractivity contribution is 5.94. The second-order valence-corrected chi connectivity index (χ2v) is 5.02. The molecule has 2 aromatic carbocycles. The van der Waals surface area contributed by atoms with E-state index in [0.29, 0.717) is 11.3 Å². The summed E-state index contributed by atoms with van der Waals surface area (Å²) in [5.74, 6) is 0.586. The number of hydrogen-bond donors (Lipinski definition) is 2. The summed E-state index contributed by atoms with van der Waals surface area (Å²) in [4.78, 5) is 11.7. The summed E-state index contributed by atoms with van der Waals surface area (Å²) >= 11 is 0. The Balaban J connectivity index is 2.18. The number of amides is 1. The zero-order valence-electron chi connectivity index (χ0n) is 13.0. The minimum Gasteiger partial charge on any atom is -0.486 e. The maximum absolute atomic E-state index is 11.7. The van der Waals surface area contributed by atoms with Crippen molar-refractivity contribution in [2.75, 3.05) is 20.6 Å². The minimum absolute atomic E-state index is 0.0476. The van der Waals surface area contributed by atoms with Crippen molar-refractivity contribution in [3.8, 4) is 5.75 Å². The molecule has 0 spiro atoms. The predicted molar refractivity (Wildman–Crippen MR) is 88.2 cm³/mol. The van der Waals surface area contributed by atoms with Gasteiger partial charge in [-0.25, -0.2) is 0 Å². The second-order valence-electron chi connectivity index (χ2n) is 5.02. The Morgan fingerprint density at radius 2 is 1.86 bits per heavy atom. The Bertz CT molecular complexity index is 599. The van der Waals surface area contributed by atoms with Crippen LogP contribution in [-0.4, -0.2) is 26.5 Å². The molecule has 2 N–H and O–H groups in total. The lowest BCUT2D eigenvalue weighted by Gasteiger charge is -2.20. The summed E-state index contributed by atoms with van der Waals surface area (Å²) < 4.78 is 6.12. The van der Waals surface area contributed by atoms with Gasteiger partial charge in [0.05, 0.1) is 0 Å². The first kappa shape index (κ1) is 16.0. The van der Waals surface area contributed by atoms with Crippen molar-refractivity contribution in [3.05, 3.63) is 65.7 Å². The lowest BCUT2D eigenvalue weighted by Crippen LogP contribution is -2.18. The van der Waals surface area contributed by atoms with Crippen molar-refractivity contribution in [1.29, 1.82) is 0 Å². The Morgan fingerprint density at radius 1 is 1.09 bits per heavy atom. The van der Waals surface area contributed by atoms with Crippen LogP contribution in [0.2, 0.25) is 0 Å². The van der Waals surface area contributed by atoms with Crippen LogP contribution in [0.3, 0.4) is 0 Å². The van der Waals surface area contributed by atoms with Gasteiger partial charge in [0.1, 0.15) is 11.9 Å². The summed E-state index contributed by atoms with van der Waals surface area (Å²) in [6, 6.07) is 17.4. The number of hydrogen-bond acceptors (Lipinski definition) is 3. The van der Waals surface area contributed by atoms with Crippen LogP contribution in [0, 0.1) is 0 Å². The van der Waals surface area contributed by atoms with E-state index in [1.165, 1.54) is 0 Å². The lowest BCUT2D eigenvalue weighted by atomic mass is 10.1. The second kappa shape index (κ2) is 8.20. The Kier molecular flexibility index (Phi) is 5.98. The Hall–Kier alpha value is -2.33. The standard InChI is InChI=1S/C18H22N2O2/c1-19-12-11-17(14-7-4-3-5-8-14)22-16-10-6-9-15(13-16)18(21)20-2/h3-10,13,17,19H,11-12H2,1-2H3,(H,20,21). The predicted octanol–water partition coefficient (Wildman–Crippen LogP) is 2.78. The zero-order valence-corrected chi connectivity index (χ0v) is 13.0. The maximum Gasteiger partial charge on any atom is 0.251 e. The molecule has 0 aromatic heterocycles. The number of rotatable bonds is 7. The average molecular weight is 298 g/mol. The number of ether oxygens (including phenoxy) is 1. The molecule has 0 saturated heterocycles. The molecule has 0 aliphatic rings. The van der Waals surface area contributed by atoms with Gasteiger partial charge in [0.25, 0.3) is 5.91 Å². The molecule has 0 fully saturated rings. The van der Waals surface area contributed by atoms with Crippen LogP contribution in [-0.2, 0) is 0 Å². The van der Waals surface area contributed by atoms with Crippen molar-refractivity contribution in [1.82, 2.24) is 10.6 Å². The monoisotopic (exact) mass is 298 g/mol. The van der Waals surface area contributed by atoms with E-state index in [-0.39, 0.29) is 12.0 Å². The fourth-order valence-electron chi connectivity index (χ4n) is 2.26. The van der Waals surface area contributed by atoms with Crippen molar-refractivity contribution < 1.29 is 9.53 Å². The molecule has 0 radical (unpaired) electrons. The minimum atomic E-state index is -0.114. The van der Waals surface area contributed by atoms with E-state index >= 15 is 0 Å². The topological polar surface area (TPSA) is 50.4 Å². The summed E-state index contributed by atoms with van der Waals surface area (Å²) in [6.45, 7) is 0.856. The molecule has 22 heavy (non-hydrogen) atoms. The summed E-state index contributed by atoms with van der Waals surface area (Å²) in [6.07, 6.45) is 0.804. The molecule has 4 heteroatoms. The first-order chi connectivity index (χ1) is 10.7. The van der Waals surface area contributed by atoms with E-state index < -0.39 is 0 Å². The van der Waals surface area contributed by atoms with Crippen LogP contribution in [0.5, 0.6) is 5.75 Å². The van der Waals surface area contributed by atoms with Crippen LogP contribution in [0.25, 0.3) is 0 Å². The van der Waals surface area contributed by atoms with Gasteiger partial charge in [0.15, 0.2) is 0 Å². The van der Waals surface area contributed by atoms with E-state index in [1.807, 2.05) is 37.4 Å². The van der Waals surface area contributed by atoms with E-state index in [4.69, 9.17) is 4.74 Å². The van der Waals surface area contributed by atoms with Gasteiger partial charge in [-0.3, -0.25) is 4.79 Å². The molecule has 116 valence electrons. The fourth-order valence-corrected chi connectivity index (χ4v) is 2.26. The molecule has 0 heterocycles. The third-order valence-corrected chi connectivity index (χ3v) is 3.43. The fraction of sp³-hybridized carbons (Fsp3) is 0.278. The van der Waals surface area contributed by atoms with Gasteiger partial charge in [-0.1, -0.05) is 36.4 Å². The lowest BCUT2D eigenvalue weighted by molar-refractivity contribution is 0.0962. The van der Waals surface area contributed by atoms with Gasteiger partial charge in [-0.05, 0) is 37.4 Å². The van der Waals surface area contributed by atoms with Gasteiger partial charge in [0, 0.05) is 19.0 Å². The van der Waals surface area contributed by atoms with Gasteiger partial charge >= 0.3 is 0 Å². The molecule has 1 atom stereocenters. The summed E-state index contributed by atoms with van der Waals surface area (Å²) in [5.41, 5.74) is 1.73. The third kappa shape index (κ3) is 4.33. The number of benzene rings is 2. The first-order valence-electron chi connectivity index (χ1n) is 7.43. The third-order valence-electron chi connectivity index (χ3n) is 3.43. The van der Waals surface area contributed by atoms with Gasteiger partial charge in [0.2, 0.25) is 0 Å². The van der Waals surface area contributed by atoms with Gasteiger partial charge < -0.3 is 15.4 Å². The van der Waals surface area contributed by atoms with Crippen molar-refractivity contribution in [3.63, 3.8) is 0 Å². The van der Waals surface area contributed by atoms with Crippen LogP contribution >= 0.6 is 0 Å². The number of carbonyl (C=O) groups excluding carboxylic acids is 1. The van der Waals surface area contributed by atoms with Crippen molar-refractivity contribution >= 4 is 5.91 Å². The molecule has 1 unspecified atom stereocenters. The van der Waals surface area contributed by atoms with Crippen molar-refractivity contribution in [2.45, 2.75) is 12.5 Å². The molecule has 2 aromatic rings. The molecule has 4 nitrogen and oxygen atoms in total. The highest BCUT2D eigenvalue weighted by atomic mass is 16.5. The van der Waals surface area contributed by atoms with E-state index in [1.54, 1.807) is 19.2 Å². The highest BCUT2D eigenvalue weighted by Gasteiger charge is 2.13. The molecule has 2 rings (SSSR count). The first-order valence-corrected chi connectivity index (χ1v) is 7.43. The normalized spacial score (nSPS) is 11.7. The van der Waals surface area contributed by atoms with E-state index in [0.717, 1.165) is 18.5 Å². The zero-order chi connectivity index (χ0) is 15.8. The molecule has 0 aliphatic heterocycles. The van der Waals surface area contributed by atoms with E-state index in [2.05, 4.69) is 22.8 Å². The molecule has 1 amide bonds. The smallest absolute Gasteiger partial charge is 0.251 e. The van der Waals surface area contributed by atoms with Gasteiger partial charge in [-0.15, -0.1) is 0 Å². The molecular weight excluding hydrogens is 276 g/mol. The largest absolute Gasteiger partial charge is 0.486 e. The summed E-state index contributed by atoms with van der Waals surface area (Å²) in [5, 5.41) is 5.77. The molecule has 0 aliphatic carbocycles. The quantitative estimate of drug-likeness (QED) is 0.826. The number of carbonyl (C=O) groups is 1.